The van der Waals surface area contributed by atoms with Gasteiger partial charge < -0.3 is 4.74 Å². The maximum absolute atomic E-state index is 12.1. The first kappa shape index (κ1) is 13.5. The van der Waals surface area contributed by atoms with Crippen LogP contribution in [-0.2, 0) is 5.88 Å². The molecular weight excluding hydrogens is 322 g/mol. The van der Waals surface area contributed by atoms with E-state index < -0.39 is 6.67 Å². The van der Waals surface area contributed by atoms with E-state index in [2.05, 4.69) is 25.9 Å². The summed E-state index contributed by atoms with van der Waals surface area (Å²) in [5, 5.41) is 0.789. The lowest BCUT2D eigenvalue weighted by atomic mass is 10.2. The first-order valence-electron chi connectivity index (χ1n) is 5.45. The van der Waals surface area contributed by atoms with Crippen molar-refractivity contribution in [1.82, 2.24) is 9.97 Å². The topological polar surface area (TPSA) is 35.0 Å². The molecule has 0 bridgehead atoms. The predicted octanol–water partition coefficient (Wildman–Crippen LogP) is 3.87. The molecule has 0 atom stereocenters. The molecule has 0 unspecified atom stereocenters. The van der Waals surface area contributed by atoms with E-state index in [0.717, 1.165) is 15.4 Å². The number of alkyl halides is 2. The quantitative estimate of drug-likeness (QED) is 0.615. The van der Waals surface area contributed by atoms with Crippen LogP contribution in [0.25, 0.3) is 10.9 Å². The average molecular weight is 334 g/mol. The van der Waals surface area contributed by atoms with Crippen molar-refractivity contribution < 1.29 is 9.13 Å². The molecule has 1 heterocycles. The minimum atomic E-state index is -0.408. The predicted molar refractivity (Wildman–Crippen MR) is 72.9 cm³/mol. The second-order valence-corrected chi connectivity index (χ2v) is 4.81. The minimum absolute atomic E-state index is 0.214. The molecule has 0 saturated carbocycles. The van der Waals surface area contributed by atoms with Crippen molar-refractivity contribution >= 4 is 38.4 Å². The van der Waals surface area contributed by atoms with Crippen LogP contribution in [0.2, 0.25) is 0 Å². The summed E-state index contributed by atoms with van der Waals surface area (Å²) in [6.07, 6.45) is 0.343. The van der Waals surface area contributed by atoms with E-state index in [1.165, 1.54) is 0 Å². The van der Waals surface area contributed by atoms with Gasteiger partial charge in [0.2, 0.25) is 5.88 Å². The monoisotopic (exact) mass is 332 g/mol. The summed E-state index contributed by atoms with van der Waals surface area (Å²) in [5.74, 6) is 1.16. The Balaban J connectivity index is 2.42. The SMILES string of the molecule is FCCCOc1nc(CCl)nc2ccc(Br)cc12. The van der Waals surface area contributed by atoms with Crippen molar-refractivity contribution in [3.8, 4) is 5.88 Å². The van der Waals surface area contributed by atoms with Crippen LogP contribution in [0.4, 0.5) is 4.39 Å². The van der Waals surface area contributed by atoms with Gasteiger partial charge in [-0.15, -0.1) is 11.6 Å². The summed E-state index contributed by atoms with van der Waals surface area (Å²) in [5.41, 5.74) is 0.763. The molecule has 0 aliphatic heterocycles. The highest BCUT2D eigenvalue weighted by atomic mass is 79.9. The van der Waals surface area contributed by atoms with Crippen molar-refractivity contribution in [1.29, 1.82) is 0 Å². The lowest BCUT2D eigenvalue weighted by Crippen LogP contribution is -2.03. The molecule has 2 aromatic rings. The molecule has 0 fully saturated rings. The molecule has 0 amide bonds. The Morgan fingerprint density at radius 1 is 1.33 bits per heavy atom. The van der Waals surface area contributed by atoms with Gasteiger partial charge in [-0.1, -0.05) is 15.9 Å². The highest BCUT2D eigenvalue weighted by Gasteiger charge is 2.09. The number of fused-ring (bicyclic) bond motifs is 1. The molecule has 3 nitrogen and oxygen atoms in total. The maximum atomic E-state index is 12.1. The van der Waals surface area contributed by atoms with Crippen LogP contribution >= 0.6 is 27.5 Å². The van der Waals surface area contributed by atoms with Crippen LogP contribution in [0.3, 0.4) is 0 Å². The van der Waals surface area contributed by atoms with Crippen LogP contribution in [-0.4, -0.2) is 23.2 Å². The average Bonchev–Trinajstić information content (AvgIpc) is 2.39. The number of benzene rings is 1. The first-order chi connectivity index (χ1) is 8.74. The lowest BCUT2D eigenvalue weighted by molar-refractivity contribution is 0.282. The Bertz CT molecular complexity index is 553. The molecule has 96 valence electrons. The largest absolute Gasteiger partial charge is 0.477 e. The summed E-state index contributed by atoms with van der Waals surface area (Å²) >= 11 is 9.13. The molecule has 0 N–H and O–H groups in total. The van der Waals surface area contributed by atoms with Gasteiger partial charge >= 0.3 is 0 Å². The first-order valence-corrected chi connectivity index (χ1v) is 6.78. The number of rotatable bonds is 5. The summed E-state index contributed by atoms with van der Waals surface area (Å²) in [6, 6.07) is 5.62. The molecule has 0 spiro atoms. The molecular formula is C12H11BrClFN2O. The third-order valence-corrected chi connectivity index (χ3v) is 3.04. The molecule has 2 rings (SSSR count). The Kier molecular flexibility index (Phi) is 4.72. The summed E-state index contributed by atoms with van der Waals surface area (Å²) in [7, 11) is 0. The number of hydrogen-bond acceptors (Lipinski definition) is 3. The maximum Gasteiger partial charge on any atom is 0.224 e. The molecule has 1 aromatic carbocycles. The molecule has 0 aliphatic rings. The fourth-order valence-corrected chi connectivity index (χ4v) is 1.99. The second-order valence-electron chi connectivity index (χ2n) is 3.63. The number of nitrogens with zero attached hydrogens (tertiary/aromatic N) is 2. The van der Waals surface area contributed by atoms with Gasteiger partial charge in [-0.25, -0.2) is 4.98 Å². The van der Waals surface area contributed by atoms with Crippen molar-refractivity contribution in [2.75, 3.05) is 13.3 Å². The normalized spacial score (nSPS) is 10.8. The third kappa shape index (κ3) is 3.09. The van der Waals surface area contributed by atoms with Gasteiger partial charge in [0.25, 0.3) is 0 Å². The van der Waals surface area contributed by atoms with Crippen LogP contribution in [0.1, 0.15) is 12.2 Å². The molecule has 1 aromatic heterocycles. The van der Waals surface area contributed by atoms with E-state index in [4.69, 9.17) is 16.3 Å². The Hall–Kier alpha value is -0.940. The molecule has 6 heteroatoms. The molecule has 0 saturated heterocycles. The molecule has 0 aliphatic carbocycles. The van der Waals surface area contributed by atoms with E-state index >= 15 is 0 Å². The van der Waals surface area contributed by atoms with Gasteiger partial charge in [-0.05, 0) is 18.2 Å². The number of halogens is 3. The van der Waals surface area contributed by atoms with Crippen molar-refractivity contribution in [2.45, 2.75) is 12.3 Å². The van der Waals surface area contributed by atoms with E-state index in [1.807, 2.05) is 18.2 Å². The molecule has 0 radical (unpaired) electrons. The van der Waals surface area contributed by atoms with E-state index in [9.17, 15) is 4.39 Å². The van der Waals surface area contributed by atoms with E-state index in [-0.39, 0.29) is 12.5 Å². The zero-order valence-corrected chi connectivity index (χ0v) is 11.8. The minimum Gasteiger partial charge on any atom is -0.477 e. The Morgan fingerprint density at radius 3 is 2.89 bits per heavy atom. The summed E-state index contributed by atoms with van der Waals surface area (Å²) in [6.45, 7) is -0.119. The number of ether oxygens (including phenoxy) is 1. The third-order valence-electron chi connectivity index (χ3n) is 2.31. The zero-order chi connectivity index (χ0) is 13.0. The second kappa shape index (κ2) is 6.29. The highest BCUT2D eigenvalue weighted by Crippen LogP contribution is 2.26. The number of hydrogen-bond donors (Lipinski definition) is 0. The number of aromatic nitrogens is 2. The van der Waals surface area contributed by atoms with Crippen molar-refractivity contribution in [3.63, 3.8) is 0 Å². The van der Waals surface area contributed by atoms with Gasteiger partial charge in [0.15, 0.2) is 0 Å². The van der Waals surface area contributed by atoms with Crippen LogP contribution in [0.5, 0.6) is 5.88 Å². The summed E-state index contributed by atoms with van der Waals surface area (Å²) < 4.78 is 18.5. The van der Waals surface area contributed by atoms with E-state index in [1.54, 1.807) is 0 Å². The fraction of sp³-hybridized carbons (Fsp3) is 0.333. The highest BCUT2D eigenvalue weighted by molar-refractivity contribution is 9.10. The lowest BCUT2D eigenvalue weighted by Gasteiger charge is -2.09. The van der Waals surface area contributed by atoms with Crippen LogP contribution < -0.4 is 4.74 Å². The Morgan fingerprint density at radius 2 is 2.17 bits per heavy atom. The van der Waals surface area contributed by atoms with Crippen molar-refractivity contribution in [3.05, 3.63) is 28.5 Å². The fourth-order valence-electron chi connectivity index (χ4n) is 1.51. The summed E-state index contributed by atoms with van der Waals surface area (Å²) in [4.78, 5) is 8.53. The van der Waals surface area contributed by atoms with Gasteiger partial charge in [0.05, 0.1) is 30.1 Å². The zero-order valence-electron chi connectivity index (χ0n) is 9.50. The van der Waals surface area contributed by atoms with Gasteiger partial charge in [0.1, 0.15) is 5.82 Å². The van der Waals surface area contributed by atoms with E-state index in [0.29, 0.717) is 18.1 Å². The standard InChI is InChI=1S/C12H11BrClFN2O/c13-8-2-3-10-9(6-8)12(18-5-1-4-15)17-11(7-14)16-10/h2-3,6H,1,4-5,7H2. The smallest absolute Gasteiger partial charge is 0.224 e. The molecule has 18 heavy (non-hydrogen) atoms. The van der Waals surface area contributed by atoms with Crippen LogP contribution in [0.15, 0.2) is 22.7 Å². The van der Waals surface area contributed by atoms with Crippen LogP contribution in [0, 0.1) is 0 Å². The Labute approximate surface area is 117 Å². The van der Waals surface area contributed by atoms with Gasteiger partial charge in [-0.3, -0.25) is 4.39 Å². The van der Waals surface area contributed by atoms with Gasteiger partial charge in [-0.2, -0.15) is 4.98 Å². The van der Waals surface area contributed by atoms with Crippen molar-refractivity contribution in [2.24, 2.45) is 0 Å². The van der Waals surface area contributed by atoms with Gasteiger partial charge in [0, 0.05) is 10.9 Å².